The average molecular weight is 516 g/mol. The second kappa shape index (κ2) is 11.5. The van der Waals surface area contributed by atoms with Crippen molar-refractivity contribution in [2.75, 3.05) is 23.7 Å². The molecule has 0 spiro atoms. The molecule has 36 heavy (non-hydrogen) atoms. The molecule has 2 atom stereocenters. The van der Waals surface area contributed by atoms with Gasteiger partial charge in [0, 0.05) is 24.5 Å². The zero-order valence-electron chi connectivity index (χ0n) is 19.1. The van der Waals surface area contributed by atoms with Gasteiger partial charge < -0.3 is 21.3 Å². The van der Waals surface area contributed by atoms with Gasteiger partial charge in [-0.25, -0.2) is 9.59 Å². The Morgan fingerprint density at radius 1 is 0.722 bits per heavy atom. The lowest BCUT2D eigenvalue weighted by molar-refractivity contribution is -0.138. The van der Waals surface area contributed by atoms with Crippen LogP contribution in [0.2, 0.25) is 0 Å². The van der Waals surface area contributed by atoms with Crippen molar-refractivity contribution in [3.05, 3.63) is 59.7 Å². The third kappa shape index (κ3) is 8.35. The number of hydrogen-bond acceptors (Lipinski definition) is 2. The summed E-state index contributed by atoms with van der Waals surface area (Å²) in [6, 6.07) is 7.45. The first-order valence-electron chi connectivity index (χ1n) is 11.3. The van der Waals surface area contributed by atoms with Crippen molar-refractivity contribution < 1.29 is 35.9 Å². The minimum Gasteiger partial charge on any atom is -0.338 e. The summed E-state index contributed by atoms with van der Waals surface area (Å²) in [7, 11) is 0. The Balaban J connectivity index is 1.41. The van der Waals surface area contributed by atoms with Crippen molar-refractivity contribution >= 4 is 23.4 Å². The molecule has 1 fully saturated rings. The molecule has 0 bridgehead atoms. The van der Waals surface area contributed by atoms with E-state index in [4.69, 9.17) is 0 Å². The van der Waals surface area contributed by atoms with Gasteiger partial charge in [-0.15, -0.1) is 0 Å². The highest BCUT2D eigenvalue weighted by Crippen LogP contribution is 2.32. The minimum atomic E-state index is -4.51. The van der Waals surface area contributed by atoms with E-state index in [1.807, 2.05) is 0 Å². The predicted octanol–water partition coefficient (Wildman–Crippen LogP) is 6.47. The van der Waals surface area contributed by atoms with E-state index in [1.165, 1.54) is 24.3 Å². The van der Waals surface area contributed by atoms with Crippen LogP contribution in [-0.2, 0) is 12.4 Å². The van der Waals surface area contributed by atoms with E-state index >= 15 is 0 Å². The number of amides is 4. The van der Waals surface area contributed by atoms with E-state index in [0.29, 0.717) is 19.5 Å². The van der Waals surface area contributed by atoms with Gasteiger partial charge in [0.25, 0.3) is 0 Å². The molecule has 2 aromatic rings. The van der Waals surface area contributed by atoms with Crippen molar-refractivity contribution in [1.29, 1.82) is 0 Å². The molecule has 12 heteroatoms. The van der Waals surface area contributed by atoms with E-state index in [9.17, 15) is 35.9 Å². The number of benzene rings is 2. The van der Waals surface area contributed by atoms with Crippen LogP contribution in [-0.4, -0.2) is 25.2 Å². The first-order valence-corrected chi connectivity index (χ1v) is 11.3. The smallest absolute Gasteiger partial charge is 0.338 e. The summed E-state index contributed by atoms with van der Waals surface area (Å²) >= 11 is 0. The monoisotopic (exact) mass is 516 g/mol. The molecule has 0 heterocycles. The summed E-state index contributed by atoms with van der Waals surface area (Å²) in [5.74, 6) is 0.230. The van der Waals surface area contributed by atoms with E-state index in [2.05, 4.69) is 21.3 Å². The summed E-state index contributed by atoms with van der Waals surface area (Å²) in [6.07, 6.45) is -5.77. The predicted molar refractivity (Wildman–Crippen MR) is 122 cm³/mol. The third-order valence-electron chi connectivity index (χ3n) is 5.89. The number of carbonyl (C=O) groups excluding carboxylic acids is 2. The Morgan fingerprint density at radius 2 is 1.14 bits per heavy atom. The summed E-state index contributed by atoms with van der Waals surface area (Å²) < 4.78 is 76.9. The maximum atomic E-state index is 12.8. The van der Waals surface area contributed by atoms with Crippen molar-refractivity contribution in [3.63, 3.8) is 0 Å². The fraction of sp³-hybridized carbons (Fsp3) is 0.417. The number of alkyl halides is 6. The summed E-state index contributed by atoms with van der Waals surface area (Å²) in [6.45, 7) is 0.634. The lowest BCUT2D eigenvalue weighted by Gasteiger charge is -2.29. The van der Waals surface area contributed by atoms with Gasteiger partial charge in [0.2, 0.25) is 0 Å². The molecule has 0 aromatic heterocycles. The van der Waals surface area contributed by atoms with Gasteiger partial charge >= 0.3 is 24.4 Å². The molecule has 0 aliphatic heterocycles. The second-order valence-electron chi connectivity index (χ2n) is 8.73. The molecule has 0 saturated heterocycles. The Bertz CT molecular complexity index is 976. The zero-order valence-corrected chi connectivity index (χ0v) is 19.1. The molecule has 2 aromatic carbocycles. The molecular formula is C24H26F6N4O2. The highest BCUT2D eigenvalue weighted by Gasteiger charge is 2.31. The van der Waals surface area contributed by atoms with Crippen LogP contribution in [0, 0.1) is 11.8 Å². The van der Waals surface area contributed by atoms with Crippen LogP contribution in [0.4, 0.5) is 47.3 Å². The Kier molecular flexibility index (Phi) is 8.70. The van der Waals surface area contributed by atoms with Crippen LogP contribution in [0.25, 0.3) is 0 Å². The molecule has 196 valence electrons. The van der Waals surface area contributed by atoms with E-state index < -0.39 is 35.5 Å². The largest absolute Gasteiger partial charge is 0.416 e. The Labute approximate surface area is 203 Å². The number of rotatable bonds is 6. The van der Waals surface area contributed by atoms with Crippen molar-refractivity contribution in [3.8, 4) is 0 Å². The topological polar surface area (TPSA) is 82.3 Å². The second-order valence-corrected chi connectivity index (χ2v) is 8.73. The van der Waals surface area contributed by atoms with Crippen LogP contribution < -0.4 is 21.3 Å². The fourth-order valence-corrected chi connectivity index (χ4v) is 4.14. The van der Waals surface area contributed by atoms with Gasteiger partial charge in [-0.1, -0.05) is 18.6 Å². The highest BCUT2D eigenvalue weighted by atomic mass is 19.4. The van der Waals surface area contributed by atoms with Crippen LogP contribution >= 0.6 is 0 Å². The number of anilines is 2. The van der Waals surface area contributed by atoms with Crippen molar-refractivity contribution in [2.24, 2.45) is 11.8 Å². The first kappa shape index (κ1) is 27.2. The summed E-state index contributed by atoms with van der Waals surface area (Å²) in [5.41, 5.74) is -1.67. The minimum absolute atomic E-state index is 0.0276. The lowest BCUT2D eigenvalue weighted by atomic mass is 9.81. The molecule has 4 N–H and O–H groups in total. The number of nitrogens with one attached hydrogen (secondary N) is 4. The number of urea groups is 2. The molecule has 1 aliphatic carbocycles. The molecular weight excluding hydrogens is 490 g/mol. The van der Waals surface area contributed by atoms with E-state index in [-0.39, 0.29) is 23.2 Å². The molecule has 1 aliphatic rings. The fourth-order valence-electron chi connectivity index (χ4n) is 4.14. The van der Waals surface area contributed by atoms with Gasteiger partial charge in [0.1, 0.15) is 0 Å². The maximum absolute atomic E-state index is 12.8. The van der Waals surface area contributed by atoms with Crippen molar-refractivity contribution in [2.45, 2.75) is 38.0 Å². The first-order chi connectivity index (χ1) is 16.9. The maximum Gasteiger partial charge on any atom is 0.416 e. The highest BCUT2D eigenvalue weighted by molar-refractivity contribution is 5.89. The third-order valence-corrected chi connectivity index (χ3v) is 5.89. The normalized spacial score (nSPS) is 18.3. The van der Waals surface area contributed by atoms with Gasteiger partial charge in [-0.05, 0) is 67.5 Å². The molecule has 3 rings (SSSR count). The molecule has 1 saturated carbocycles. The average Bonchev–Trinajstić information content (AvgIpc) is 2.81. The number of halogens is 6. The molecule has 6 nitrogen and oxygen atoms in total. The van der Waals surface area contributed by atoms with Crippen molar-refractivity contribution in [1.82, 2.24) is 10.6 Å². The van der Waals surface area contributed by atoms with Crippen LogP contribution in [0.15, 0.2) is 48.5 Å². The number of carbonyl (C=O) groups is 2. The molecule has 0 radical (unpaired) electrons. The van der Waals surface area contributed by atoms with E-state index in [1.54, 1.807) is 0 Å². The van der Waals surface area contributed by atoms with Gasteiger partial charge in [0.05, 0.1) is 11.1 Å². The quantitative estimate of drug-likeness (QED) is 0.332. The van der Waals surface area contributed by atoms with Crippen LogP contribution in [0.1, 0.15) is 36.8 Å². The molecule has 4 amide bonds. The SMILES string of the molecule is O=C(NC[C@@H]1CCC[C@@H](CNC(=O)Nc2cccc(C(F)(F)F)c2)C1)Nc1cccc(C(F)(F)F)c1. The standard InChI is InChI=1S/C24H26F6N4O2/c25-23(26,27)17-6-2-8-19(11-17)33-21(35)31-13-15-4-1-5-16(10-15)14-32-22(36)34-20-9-3-7-18(12-20)24(28,29)30/h2-3,6-9,11-12,15-16H,1,4-5,10,13-14H2,(H2,31,33,35)(H2,32,34,36)/t15-,16-/m1/s1. The summed E-state index contributed by atoms with van der Waals surface area (Å²) in [4.78, 5) is 24.3. The Hall–Kier alpha value is -3.44. The van der Waals surface area contributed by atoms with Gasteiger partial charge in [0.15, 0.2) is 0 Å². The Morgan fingerprint density at radius 3 is 1.53 bits per heavy atom. The zero-order chi connectivity index (χ0) is 26.3. The molecule has 0 unspecified atom stereocenters. The summed E-state index contributed by atoms with van der Waals surface area (Å²) in [5, 5.41) is 10.1. The number of hydrogen-bond donors (Lipinski definition) is 4. The van der Waals surface area contributed by atoms with E-state index in [0.717, 1.165) is 43.5 Å². The van der Waals surface area contributed by atoms with Crippen LogP contribution in [0.3, 0.4) is 0 Å². The van der Waals surface area contributed by atoms with Gasteiger partial charge in [-0.2, -0.15) is 26.3 Å². The van der Waals surface area contributed by atoms with Gasteiger partial charge in [-0.3, -0.25) is 0 Å². The van der Waals surface area contributed by atoms with Crippen LogP contribution in [0.5, 0.6) is 0 Å². The lowest BCUT2D eigenvalue weighted by Crippen LogP contribution is -2.38.